The molecule has 0 bridgehead atoms. The molecule has 0 saturated carbocycles. The van der Waals surface area contributed by atoms with E-state index in [1.165, 1.54) is 12.5 Å². The Bertz CT molecular complexity index is 1100. The van der Waals surface area contributed by atoms with Gasteiger partial charge < -0.3 is 14.3 Å². The molecule has 174 valence electrons. The molecule has 7 nitrogen and oxygen atoms in total. The van der Waals surface area contributed by atoms with E-state index in [0.29, 0.717) is 5.75 Å². The van der Waals surface area contributed by atoms with Crippen LogP contribution in [-0.4, -0.2) is 34.5 Å². The maximum Gasteiger partial charge on any atom is 0.308 e. The van der Waals surface area contributed by atoms with Crippen LogP contribution in [0.1, 0.15) is 18.1 Å². The number of carbonyl (C=O) groups excluding carboxylic acids is 3. The highest BCUT2D eigenvalue weighted by molar-refractivity contribution is 6.31. The fourth-order valence-electron chi connectivity index (χ4n) is 2.43. The summed E-state index contributed by atoms with van der Waals surface area (Å²) in [5.74, 6) is 0.307. The molecule has 0 unspecified atom stereocenters. The van der Waals surface area contributed by atoms with E-state index in [1.807, 2.05) is 82.1 Å². The average molecular weight is 470 g/mol. The van der Waals surface area contributed by atoms with Crippen LogP contribution in [0, 0.1) is 13.8 Å². The van der Waals surface area contributed by atoms with Crippen LogP contribution in [0.5, 0.6) is 5.75 Å². The zero-order chi connectivity index (χ0) is 25.2. The summed E-state index contributed by atoms with van der Waals surface area (Å²) in [4.78, 5) is 26.4. The van der Waals surface area contributed by atoms with Gasteiger partial charge in [0.15, 0.2) is 0 Å². The van der Waals surface area contributed by atoms with Crippen LogP contribution in [0.15, 0.2) is 72.8 Å². The molecule has 1 aromatic heterocycles. The molecule has 0 radical (unpaired) electrons. The highest BCUT2D eigenvalue weighted by Crippen LogP contribution is 2.15. The number of aromatic nitrogens is 3. The number of hydrogen-bond acceptors (Lipinski definition) is 6. The normalized spacial score (nSPS) is 8.76. The topological polar surface area (TPSA) is 91.2 Å². The molecule has 3 aromatic carbocycles. The number of ether oxygens (including phenoxy) is 1. The number of benzene rings is 3. The summed E-state index contributed by atoms with van der Waals surface area (Å²) in [5, 5.41) is 8.64. The van der Waals surface area contributed by atoms with Gasteiger partial charge in [-0.2, -0.15) is 0 Å². The second-order valence-corrected chi connectivity index (χ2v) is 6.77. The van der Waals surface area contributed by atoms with Crippen molar-refractivity contribution in [1.82, 2.24) is 15.0 Å². The van der Waals surface area contributed by atoms with Gasteiger partial charge in [-0.1, -0.05) is 64.8 Å². The van der Waals surface area contributed by atoms with Gasteiger partial charge in [-0.3, -0.25) is 4.79 Å². The van der Waals surface area contributed by atoms with Crippen molar-refractivity contribution >= 4 is 42.2 Å². The van der Waals surface area contributed by atoms with Gasteiger partial charge in [-0.25, -0.2) is 4.68 Å². The van der Waals surface area contributed by atoms with E-state index >= 15 is 0 Å². The number of halogens is 1. The predicted octanol–water partition coefficient (Wildman–Crippen LogP) is 5.17. The van der Waals surface area contributed by atoms with Crippen molar-refractivity contribution in [3.8, 4) is 5.75 Å². The fraction of sp³-hybridized carbons (Fsp3) is 0.160. The van der Waals surface area contributed by atoms with E-state index in [-0.39, 0.29) is 5.97 Å². The summed E-state index contributed by atoms with van der Waals surface area (Å²) in [6.07, 6.45) is 0. The molecule has 0 aliphatic rings. The zero-order valence-electron chi connectivity index (χ0n) is 19.2. The Labute approximate surface area is 199 Å². The maximum atomic E-state index is 10.4. The lowest BCUT2D eigenvalue weighted by atomic mass is 10.2. The quantitative estimate of drug-likeness (QED) is 0.282. The summed E-state index contributed by atoms with van der Waals surface area (Å²) < 4.78 is 6.53. The predicted molar refractivity (Wildman–Crippen MR) is 131 cm³/mol. The van der Waals surface area contributed by atoms with Crippen molar-refractivity contribution < 1.29 is 19.1 Å². The minimum absolute atomic E-state index is 0.286. The lowest BCUT2D eigenvalue weighted by Gasteiger charge is -1.97. The smallest absolute Gasteiger partial charge is 0.308 e. The Morgan fingerprint density at radius 2 is 1.48 bits per heavy atom. The molecule has 0 N–H and O–H groups in total. The summed E-state index contributed by atoms with van der Waals surface area (Å²) in [7, 11) is 1.88. The third-order valence-electron chi connectivity index (χ3n) is 3.84. The minimum atomic E-state index is -0.286. The van der Waals surface area contributed by atoms with Crippen LogP contribution in [0.3, 0.4) is 0 Å². The highest BCUT2D eigenvalue weighted by atomic mass is 35.5. The zero-order valence-corrected chi connectivity index (χ0v) is 20.0. The molecular weight excluding hydrogens is 442 g/mol. The van der Waals surface area contributed by atoms with Gasteiger partial charge in [0.2, 0.25) is 0 Å². The van der Waals surface area contributed by atoms with Gasteiger partial charge in [0, 0.05) is 19.0 Å². The van der Waals surface area contributed by atoms with Crippen LogP contribution in [0.2, 0.25) is 5.02 Å². The number of aryl methyl sites for hydroxylation is 3. The molecular formula is C25H28ClN3O4. The van der Waals surface area contributed by atoms with E-state index < -0.39 is 0 Å². The lowest BCUT2D eigenvalue weighted by Crippen LogP contribution is -2.00. The average Bonchev–Trinajstić information content (AvgIpc) is 3.21. The number of carbonyl (C=O) groups is 3. The van der Waals surface area contributed by atoms with E-state index in [9.17, 15) is 4.79 Å². The van der Waals surface area contributed by atoms with E-state index in [4.69, 9.17) is 25.9 Å². The van der Waals surface area contributed by atoms with E-state index in [1.54, 1.807) is 16.8 Å². The Balaban J connectivity index is 0.000000433. The molecule has 0 amide bonds. The van der Waals surface area contributed by atoms with Crippen LogP contribution in [0.4, 0.5) is 0 Å². The van der Waals surface area contributed by atoms with Crippen molar-refractivity contribution in [3.05, 3.63) is 88.9 Å². The molecule has 0 fully saturated rings. The van der Waals surface area contributed by atoms with Crippen LogP contribution in [-0.2, 0) is 21.4 Å². The Morgan fingerprint density at radius 1 is 0.909 bits per heavy atom. The second kappa shape index (κ2) is 16.8. The van der Waals surface area contributed by atoms with Gasteiger partial charge in [0.1, 0.15) is 24.8 Å². The molecule has 33 heavy (non-hydrogen) atoms. The van der Waals surface area contributed by atoms with Gasteiger partial charge >= 0.3 is 5.97 Å². The molecule has 0 aliphatic heterocycles. The van der Waals surface area contributed by atoms with Gasteiger partial charge in [-0.05, 0) is 49.7 Å². The first-order valence-electron chi connectivity index (χ1n) is 9.65. The number of nitrogens with zero attached hydrogens (tertiary/aromatic N) is 3. The van der Waals surface area contributed by atoms with Crippen LogP contribution in [0.25, 0.3) is 11.0 Å². The number of para-hydroxylation sites is 2. The third-order valence-corrected chi connectivity index (χ3v) is 4.26. The van der Waals surface area contributed by atoms with E-state index in [2.05, 4.69) is 23.3 Å². The molecule has 0 saturated heterocycles. The Morgan fingerprint density at radius 3 is 2.00 bits per heavy atom. The summed E-state index contributed by atoms with van der Waals surface area (Å²) in [6.45, 7) is 9.45. The first kappa shape index (κ1) is 29.2. The summed E-state index contributed by atoms with van der Waals surface area (Å²) in [6, 6.07) is 22.9. The largest absolute Gasteiger partial charge is 0.427 e. The summed E-state index contributed by atoms with van der Waals surface area (Å²) in [5.41, 5.74) is 4.43. The molecule has 0 spiro atoms. The van der Waals surface area contributed by atoms with Gasteiger partial charge in [-0.15, -0.1) is 5.10 Å². The van der Waals surface area contributed by atoms with Crippen molar-refractivity contribution in [3.63, 3.8) is 0 Å². The van der Waals surface area contributed by atoms with Crippen LogP contribution < -0.4 is 4.74 Å². The Hall–Kier alpha value is -3.84. The number of fused-ring (bicyclic) bond motifs is 1. The Kier molecular flexibility index (Phi) is 14.8. The number of rotatable bonds is 1. The molecule has 0 atom stereocenters. The van der Waals surface area contributed by atoms with Crippen LogP contribution >= 0.6 is 11.6 Å². The summed E-state index contributed by atoms with van der Waals surface area (Å²) >= 11 is 5.78. The lowest BCUT2D eigenvalue weighted by molar-refractivity contribution is -0.131. The molecule has 4 aromatic rings. The standard InChI is InChI=1S/C8H9Cl.C8H8O2.C7H7N3.2CH2O/c1-6-3-4-8(9)7(2)5-6;1-7(9)10-8-5-3-2-4-6-8;1-10-7-5-3-2-4-6(7)8-9-10;2*1-2/h3-5H,1-2H3;2-6H,1H3;2-5H,1H3;2*1H2. The number of esters is 1. The van der Waals surface area contributed by atoms with Crippen molar-refractivity contribution in [1.29, 1.82) is 0 Å². The monoisotopic (exact) mass is 469 g/mol. The van der Waals surface area contributed by atoms with E-state index in [0.717, 1.165) is 21.6 Å². The highest BCUT2D eigenvalue weighted by Gasteiger charge is 1.96. The molecule has 4 rings (SSSR count). The van der Waals surface area contributed by atoms with Crippen molar-refractivity contribution in [2.24, 2.45) is 7.05 Å². The third kappa shape index (κ3) is 11.4. The molecule has 1 heterocycles. The number of hydrogen-bond donors (Lipinski definition) is 0. The fourth-order valence-corrected chi connectivity index (χ4v) is 2.55. The van der Waals surface area contributed by atoms with Crippen molar-refractivity contribution in [2.45, 2.75) is 20.8 Å². The van der Waals surface area contributed by atoms with Gasteiger partial charge in [0.25, 0.3) is 0 Å². The molecule has 0 aliphatic carbocycles. The van der Waals surface area contributed by atoms with Gasteiger partial charge in [0.05, 0.1) is 5.52 Å². The second-order valence-electron chi connectivity index (χ2n) is 6.36. The maximum absolute atomic E-state index is 10.4. The SMILES string of the molecule is C=O.C=O.CC(=O)Oc1ccccc1.Cc1ccc(Cl)c(C)c1.Cn1nnc2ccccc21. The minimum Gasteiger partial charge on any atom is -0.427 e. The van der Waals surface area contributed by atoms with Crippen molar-refractivity contribution in [2.75, 3.05) is 0 Å². The molecule has 8 heteroatoms. The first-order chi connectivity index (χ1) is 15.9. The first-order valence-corrected chi connectivity index (χ1v) is 10.0.